The molecule has 0 unspecified atom stereocenters. The Balaban J connectivity index is 1.52. The van der Waals surface area contributed by atoms with E-state index in [0.717, 1.165) is 64.5 Å². The van der Waals surface area contributed by atoms with Crippen LogP contribution >= 0.6 is 0 Å². The maximum atomic E-state index is 12.7. The van der Waals surface area contributed by atoms with Crippen molar-refractivity contribution >= 4 is 11.9 Å². The molecule has 2 heterocycles. The molecule has 0 spiro atoms. The number of morpholine rings is 1. The van der Waals surface area contributed by atoms with E-state index in [2.05, 4.69) is 49.2 Å². The lowest BCUT2D eigenvalue weighted by Crippen LogP contribution is -2.50. The van der Waals surface area contributed by atoms with Gasteiger partial charge in [0.2, 0.25) is 5.91 Å². The van der Waals surface area contributed by atoms with Gasteiger partial charge in [0.1, 0.15) is 0 Å². The second-order valence-corrected chi connectivity index (χ2v) is 8.18. The largest absolute Gasteiger partial charge is 0.378 e. The fourth-order valence-corrected chi connectivity index (χ4v) is 4.31. The summed E-state index contributed by atoms with van der Waals surface area (Å²) in [4.78, 5) is 21.9. The zero-order valence-electron chi connectivity index (χ0n) is 18.2. The fourth-order valence-electron chi connectivity index (χ4n) is 4.31. The minimum atomic E-state index is 0.141. The number of hydrogen-bond acceptors (Lipinski definition) is 3. The molecule has 0 radical (unpaired) electrons. The smallest absolute Gasteiger partial charge is 0.225 e. The van der Waals surface area contributed by atoms with Crippen molar-refractivity contribution < 1.29 is 9.53 Å². The predicted molar refractivity (Wildman–Crippen MR) is 117 cm³/mol. The number of carbonyl (C=O) groups is 1. The quantitative estimate of drug-likeness (QED) is 0.609. The maximum absolute atomic E-state index is 12.7. The van der Waals surface area contributed by atoms with Gasteiger partial charge in [-0.15, -0.1) is 0 Å². The minimum absolute atomic E-state index is 0.141. The van der Waals surface area contributed by atoms with Crippen LogP contribution in [-0.4, -0.2) is 74.1 Å². The number of rotatable bonds is 5. The molecule has 0 bridgehead atoms. The molecule has 2 aliphatic heterocycles. The summed E-state index contributed by atoms with van der Waals surface area (Å²) in [5, 5.41) is 3.43. The van der Waals surface area contributed by atoms with Crippen molar-refractivity contribution in [3.8, 4) is 0 Å². The van der Waals surface area contributed by atoms with Gasteiger partial charge in [-0.25, -0.2) is 0 Å². The Bertz CT molecular complexity index is 685. The molecule has 0 aliphatic carbocycles. The summed E-state index contributed by atoms with van der Waals surface area (Å²) in [6.07, 6.45) is 2.75. The number of piperidine rings is 1. The zero-order valence-corrected chi connectivity index (χ0v) is 18.2. The van der Waals surface area contributed by atoms with Gasteiger partial charge in [0.05, 0.1) is 13.2 Å². The Labute approximate surface area is 175 Å². The van der Waals surface area contributed by atoms with Crippen LogP contribution in [-0.2, 0) is 16.0 Å². The fraction of sp³-hybridized carbons (Fsp3) is 0.652. The van der Waals surface area contributed by atoms with E-state index in [-0.39, 0.29) is 5.92 Å². The predicted octanol–water partition coefficient (Wildman–Crippen LogP) is 2.38. The minimum Gasteiger partial charge on any atom is -0.378 e. The highest BCUT2D eigenvalue weighted by Gasteiger charge is 2.30. The third kappa shape index (κ3) is 6.20. The number of ether oxygens (including phenoxy) is 1. The molecule has 1 amide bonds. The molecule has 6 heteroatoms. The maximum Gasteiger partial charge on any atom is 0.225 e. The van der Waals surface area contributed by atoms with Crippen molar-refractivity contribution in [2.75, 3.05) is 52.5 Å². The van der Waals surface area contributed by atoms with E-state index in [4.69, 9.17) is 9.73 Å². The molecular formula is C23H36N4O2. The first kappa shape index (κ1) is 21.6. The number of nitrogens with one attached hydrogen (secondary N) is 1. The number of benzene rings is 1. The molecule has 2 fully saturated rings. The Kier molecular flexibility index (Phi) is 7.92. The molecule has 1 aromatic rings. The molecule has 1 N–H and O–H groups in total. The van der Waals surface area contributed by atoms with Gasteiger partial charge in [-0.1, -0.05) is 29.3 Å². The van der Waals surface area contributed by atoms with Gasteiger partial charge in [-0.05, 0) is 45.6 Å². The van der Waals surface area contributed by atoms with Crippen molar-refractivity contribution in [2.24, 2.45) is 10.9 Å². The summed E-state index contributed by atoms with van der Waals surface area (Å²) in [6, 6.07) is 6.70. The highest BCUT2D eigenvalue weighted by molar-refractivity contribution is 5.82. The van der Waals surface area contributed by atoms with Gasteiger partial charge >= 0.3 is 0 Å². The lowest BCUT2D eigenvalue weighted by atomic mass is 9.95. The first-order chi connectivity index (χ1) is 14.1. The molecule has 0 atom stereocenters. The van der Waals surface area contributed by atoms with Crippen LogP contribution in [0, 0.1) is 19.8 Å². The Morgan fingerprint density at radius 3 is 2.34 bits per heavy atom. The summed E-state index contributed by atoms with van der Waals surface area (Å²) in [5.74, 6) is 1.43. The van der Waals surface area contributed by atoms with E-state index in [9.17, 15) is 4.79 Å². The van der Waals surface area contributed by atoms with E-state index in [0.29, 0.717) is 19.1 Å². The molecule has 1 aromatic carbocycles. The molecule has 29 heavy (non-hydrogen) atoms. The van der Waals surface area contributed by atoms with Gasteiger partial charge in [0.25, 0.3) is 0 Å². The van der Waals surface area contributed by atoms with Crippen molar-refractivity contribution in [1.29, 1.82) is 0 Å². The summed E-state index contributed by atoms with van der Waals surface area (Å²) in [6.45, 7) is 12.6. The Morgan fingerprint density at radius 2 is 1.72 bits per heavy atom. The Morgan fingerprint density at radius 1 is 1.07 bits per heavy atom. The van der Waals surface area contributed by atoms with E-state index in [1.807, 2.05) is 4.90 Å². The highest BCUT2D eigenvalue weighted by Crippen LogP contribution is 2.20. The van der Waals surface area contributed by atoms with Crippen LogP contribution in [0.4, 0.5) is 0 Å². The molecule has 3 rings (SSSR count). The number of amides is 1. The van der Waals surface area contributed by atoms with Crippen molar-refractivity contribution in [3.63, 3.8) is 0 Å². The number of nitrogens with zero attached hydrogens (tertiary/aromatic N) is 3. The van der Waals surface area contributed by atoms with Gasteiger partial charge in [0.15, 0.2) is 5.96 Å². The number of likely N-dealkylation sites (tertiary alicyclic amines) is 1. The topological polar surface area (TPSA) is 57.2 Å². The van der Waals surface area contributed by atoms with Crippen LogP contribution in [0.2, 0.25) is 0 Å². The SMILES string of the molecule is CCNC(=NCCc1cc(C)cc(C)c1)N1CCC(C(=O)N2CCOCC2)CC1. The molecule has 160 valence electrons. The second kappa shape index (κ2) is 10.6. The summed E-state index contributed by atoms with van der Waals surface area (Å²) in [5.41, 5.74) is 3.96. The van der Waals surface area contributed by atoms with Crippen molar-refractivity contribution in [2.45, 2.75) is 40.0 Å². The van der Waals surface area contributed by atoms with Crippen LogP contribution < -0.4 is 5.32 Å². The number of aliphatic imine (C=N–C) groups is 1. The second-order valence-electron chi connectivity index (χ2n) is 8.18. The van der Waals surface area contributed by atoms with E-state index in [1.165, 1.54) is 16.7 Å². The van der Waals surface area contributed by atoms with Gasteiger partial charge < -0.3 is 19.9 Å². The van der Waals surface area contributed by atoms with E-state index < -0.39 is 0 Å². The lowest BCUT2D eigenvalue weighted by molar-refractivity contribution is -0.140. The van der Waals surface area contributed by atoms with Crippen molar-refractivity contribution in [3.05, 3.63) is 34.9 Å². The third-order valence-corrected chi connectivity index (χ3v) is 5.74. The molecule has 2 aliphatic rings. The van der Waals surface area contributed by atoms with E-state index >= 15 is 0 Å². The number of guanidine groups is 1. The van der Waals surface area contributed by atoms with Gasteiger partial charge in [-0.2, -0.15) is 0 Å². The average molecular weight is 401 g/mol. The Hall–Kier alpha value is -2.08. The third-order valence-electron chi connectivity index (χ3n) is 5.74. The van der Waals surface area contributed by atoms with Crippen LogP contribution in [0.5, 0.6) is 0 Å². The highest BCUT2D eigenvalue weighted by atomic mass is 16.5. The molecule has 0 aromatic heterocycles. The first-order valence-corrected chi connectivity index (χ1v) is 11.0. The van der Waals surface area contributed by atoms with Crippen LogP contribution in [0.1, 0.15) is 36.5 Å². The van der Waals surface area contributed by atoms with Crippen molar-refractivity contribution in [1.82, 2.24) is 15.1 Å². The first-order valence-electron chi connectivity index (χ1n) is 11.0. The molecule has 6 nitrogen and oxygen atoms in total. The molecular weight excluding hydrogens is 364 g/mol. The lowest BCUT2D eigenvalue weighted by Gasteiger charge is -2.36. The molecule has 0 saturated carbocycles. The normalized spacial score (nSPS) is 18.8. The standard InChI is InChI=1S/C23H36N4O2/c1-4-24-23(25-8-5-20-16-18(2)15-19(3)17-20)27-9-6-21(7-10-27)22(28)26-11-13-29-14-12-26/h15-17,21H,4-14H2,1-3H3,(H,24,25). The van der Waals surface area contributed by atoms with Crippen LogP contribution in [0.3, 0.4) is 0 Å². The molecule has 2 saturated heterocycles. The summed E-state index contributed by atoms with van der Waals surface area (Å²) >= 11 is 0. The summed E-state index contributed by atoms with van der Waals surface area (Å²) in [7, 11) is 0. The zero-order chi connectivity index (χ0) is 20.6. The number of aryl methyl sites for hydroxylation is 2. The number of hydrogen-bond donors (Lipinski definition) is 1. The summed E-state index contributed by atoms with van der Waals surface area (Å²) < 4.78 is 5.37. The average Bonchev–Trinajstić information content (AvgIpc) is 2.73. The monoisotopic (exact) mass is 400 g/mol. The number of carbonyl (C=O) groups excluding carboxylic acids is 1. The van der Waals surface area contributed by atoms with Gasteiger partial charge in [-0.3, -0.25) is 9.79 Å². The van der Waals surface area contributed by atoms with Crippen LogP contribution in [0.25, 0.3) is 0 Å². The van der Waals surface area contributed by atoms with Gasteiger partial charge in [0, 0.05) is 45.2 Å². The van der Waals surface area contributed by atoms with Crippen LogP contribution in [0.15, 0.2) is 23.2 Å². The van der Waals surface area contributed by atoms with E-state index in [1.54, 1.807) is 0 Å².